The zero-order valence-corrected chi connectivity index (χ0v) is 14.2. The van der Waals surface area contributed by atoms with Crippen LogP contribution in [0.5, 0.6) is 0 Å². The lowest BCUT2D eigenvalue weighted by Gasteiger charge is -2.23. The van der Waals surface area contributed by atoms with Crippen LogP contribution in [-0.4, -0.2) is 93.7 Å². The topological polar surface area (TPSA) is 162 Å². The minimum atomic E-state index is -1.11. The lowest BCUT2D eigenvalue weighted by atomic mass is 9.93. The number of aliphatic hydroxyl groups excluding tert-OH is 8. The monoisotopic (exact) mass is 430 g/mol. The van der Waals surface area contributed by atoms with Crippen LogP contribution >= 0.6 is 0 Å². The lowest BCUT2D eigenvalue weighted by Crippen LogP contribution is -3.00. The molecule has 10 heteroatoms. The van der Waals surface area contributed by atoms with Crippen molar-refractivity contribution in [3.05, 3.63) is 0 Å². The first kappa shape index (κ1) is 28.8. The molecule has 128 valence electrons. The average Bonchev–Trinajstić information content (AvgIpc) is 2.46. The second-order valence-electron chi connectivity index (χ2n) is 4.26. The molecule has 0 bridgehead atoms. The van der Waals surface area contributed by atoms with Gasteiger partial charge in [-0.05, 0) is 0 Å². The zero-order valence-electron chi connectivity index (χ0n) is 11.0. The summed E-state index contributed by atoms with van der Waals surface area (Å²) in [6, 6.07) is 0. The lowest BCUT2D eigenvalue weighted by molar-refractivity contribution is -0.0332. The molecule has 0 aromatic heterocycles. The Labute approximate surface area is 138 Å². The Bertz CT molecular complexity index is 133. The van der Waals surface area contributed by atoms with Crippen molar-refractivity contribution in [2.24, 2.45) is 10.8 Å². The van der Waals surface area contributed by atoms with Gasteiger partial charge < -0.3 is 74.8 Å². The third-order valence-corrected chi connectivity index (χ3v) is 2.68. The third kappa shape index (κ3) is 9.55. The average molecular weight is 432 g/mol. The van der Waals surface area contributed by atoms with E-state index in [1.807, 2.05) is 0 Å². The van der Waals surface area contributed by atoms with E-state index in [0.717, 1.165) is 0 Å². The third-order valence-electron chi connectivity index (χ3n) is 2.68. The molecule has 0 aliphatic rings. The Morgan fingerprint density at radius 1 is 0.350 bits per heavy atom. The first-order valence-corrected chi connectivity index (χ1v) is 5.36. The summed E-state index contributed by atoms with van der Waals surface area (Å²) in [7, 11) is 0. The molecule has 0 amide bonds. The van der Waals surface area contributed by atoms with Gasteiger partial charge in [0.2, 0.25) is 0 Å². The molecule has 0 saturated heterocycles. The van der Waals surface area contributed by atoms with Gasteiger partial charge in [0.05, 0.1) is 63.7 Å². The van der Waals surface area contributed by atoms with E-state index in [1.54, 1.807) is 0 Å². The smallest absolute Gasteiger partial charge is 0.0627 e. The molecule has 0 aliphatic carbocycles. The van der Waals surface area contributed by atoms with Gasteiger partial charge in [0.15, 0.2) is 0 Å². The second-order valence-corrected chi connectivity index (χ2v) is 4.26. The van der Waals surface area contributed by atoms with Crippen LogP contribution in [-0.2, 0) is 0 Å². The highest BCUT2D eigenvalue weighted by Gasteiger charge is 2.27. The molecule has 0 aliphatic heterocycles. The summed E-state index contributed by atoms with van der Waals surface area (Å²) < 4.78 is 0. The Morgan fingerprint density at radius 2 is 0.450 bits per heavy atom. The van der Waals surface area contributed by atoms with E-state index in [-0.39, 0.29) is 34.0 Å². The summed E-state index contributed by atoms with van der Waals surface area (Å²) in [6.07, 6.45) is 0. The minimum Gasteiger partial charge on any atom is -1.00 e. The number of hydrogen-bond acceptors (Lipinski definition) is 8. The quantitative estimate of drug-likeness (QED) is 0.188. The fourth-order valence-corrected chi connectivity index (χ4v) is 0.600. The highest BCUT2D eigenvalue weighted by atomic mass is 79.9. The molecule has 0 aromatic carbocycles. The first-order chi connectivity index (χ1) is 8.49. The van der Waals surface area contributed by atoms with Gasteiger partial charge in [0.25, 0.3) is 0 Å². The van der Waals surface area contributed by atoms with Gasteiger partial charge in [-0.2, -0.15) is 0 Å². The maximum absolute atomic E-state index is 8.50. The highest BCUT2D eigenvalue weighted by Crippen LogP contribution is 2.12. The van der Waals surface area contributed by atoms with E-state index < -0.39 is 63.7 Å². The maximum Gasteiger partial charge on any atom is 0.0627 e. The molecule has 0 atom stereocenters. The molecule has 0 aromatic rings. The molecule has 0 fully saturated rings. The van der Waals surface area contributed by atoms with Crippen molar-refractivity contribution in [3.8, 4) is 0 Å². The van der Waals surface area contributed by atoms with E-state index in [1.165, 1.54) is 0 Å². The normalized spacial score (nSPS) is 10.8. The standard InChI is InChI=1S/2C5H12O4.2BrH/c2*6-1-5(2-7,3-8)4-9;;/h2*6-9H,1-4H2;2*1H/p-2. The summed E-state index contributed by atoms with van der Waals surface area (Å²) in [5.41, 5.74) is -2.22. The predicted molar refractivity (Wildman–Crippen MR) is 61.6 cm³/mol. The minimum absolute atomic E-state index is 0. The molecular weight excluding hydrogens is 408 g/mol. The van der Waals surface area contributed by atoms with E-state index in [2.05, 4.69) is 0 Å². The Kier molecular flexibility index (Phi) is 23.0. The van der Waals surface area contributed by atoms with Crippen molar-refractivity contribution < 1.29 is 74.8 Å². The number of hydrogen-bond donors (Lipinski definition) is 8. The Hall–Kier alpha value is 0.640. The fourth-order valence-electron chi connectivity index (χ4n) is 0.600. The van der Waals surface area contributed by atoms with Crippen molar-refractivity contribution in [1.29, 1.82) is 0 Å². The van der Waals surface area contributed by atoms with Crippen molar-refractivity contribution >= 4 is 0 Å². The Balaban J connectivity index is -0.000000116. The van der Waals surface area contributed by atoms with Crippen LogP contribution in [0.25, 0.3) is 0 Å². The summed E-state index contributed by atoms with van der Waals surface area (Å²) in [6.45, 7) is -3.25. The number of rotatable bonds is 8. The molecule has 0 heterocycles. The van der Waals surface area contributed by atoms with Crippen LogP contribution in [0.1, 0.15) is 0 Å². The molecule has 20 heavy (non-hydrogen) atoms. The van der Waals surface area contributed by atoms with Crippen molar-refractivity contribution in [2.45, 2.75) is 0 Å². The molecule has 8 nitrogen and oxygen atoms in total. The number of aliphatic hydroxyl groups is 8. The molecule has 0 spiro atoms. The van der Waals surface area contributed by atoms with Crippen molar-refractivity contribution in [3.63, 3.8) is 0 Å². The maximum atomic E-state index is 8.50. The van der Waals surface area contributed by atoms with Gasteiger partial charge in [0.1, 0.15) is 0 Å². The summed E-state index contributed by atoms with van der Waals surface area (Å²) in [4.78, 5) is 0. The fraction of sp³-hybridized carbons (Fsp3) is 1.00. The van der Waals surface area contributed by atoms with E-state index in [9.17, 15) is 0 Å². The van der Waals surface area contributed by atoms with Gasteiger partial charge in [-0.3, -0.25) is 0 Å². The van der Waals surface area contributed by atoms with E-state index >= 15 is 0 Å². The molecular formula is C10H24Br2O8-2. The molecule has 8 N–H and O–H groups in total. The van der Waals surface area contributed by atoms with E-state index in [0.29, 0.717) is 0 Å². The van der Waals surface area contributed by atoms with Crippen LogP contribution < -0.4 is 34.0 Å². The summed E-state index contributed by atoms with van der Waals surface area (Å²) >= 11 is 0. The Morgan fingerprint density at radius 3 is 0.450 bits per heavy atom. The first-order valence-electron chi connectivity index (χ1n) is 5.36. The van der Waals surface area contributed by atoms with Crippen LogP contribution in [0, 0.1) is 10.8 Å². The second kappa shape index (κ2) is 16.0. The zero-order chi connectivity index (χ0) is 14.7. The highest BCUT2D eigenvalue weighted by molar-refractivity contribution is 4.75. The largest absolute Gasteiger partial charge is 1.00 e. The van der Waals surface area contributed by atoms with Crippen molar-refractivity contribution in [1.82, 2.24) is 0 Å². The van der Waals surface area contributed by atoms with Gasteiger partial charge in [-0.25, -0.2) is 0 Å². The van der Waals surface area contributed by atoms with Crippen LogP contribution in [0.3, 0.4) is 0 Å². The molecule has 0 radical (unpaired) electrons. The summed E-state index contributed by atoms with van der Waals surface area (Å²) in [5, 5.41) is 68.0. The van der Waals surface area contributed by atoms with Crippen LogP contribution in [0.15, 0.2) is 0 Å². The predicted octanol–water partition coefficient (Wildman–Crippen LogP) is -10.1. The number of halogens is 2. The van der Waals surface area contributed by atoms with Gasteiger partial charge >= 0.3 is 0 Å². The van der Waals surface area contributed by atoms with Crippen LogP contribution in [0.4, 0.5) is 0 Å². The SMILES string of the molecule is OCC(CO)(CO)CO.OCC(CO)(CO)CO.[Br-].[Br-]. The molecule has 0 unspecified atom stereocenters. The summed E-state index contributed by atoms with van der Waals surface area (Å²) in [5.74, 6) is 0. The van der Waals surface area contributed by atoms with Gasteiger partial charge in [-0.1, -0.05) is 0 Å². The molecule has 0 saturated carbocycles. The van der Waals surface area contributed by atoms with Gasteiger partial charge in [0, 0.05) is 0 Å². The molecule has 0 rings (SSSR count). The van der Waals surface area contributed by atoms with E-state index in [4.69, 9.17) is 40.9 Å². The van der Waals surface area contributed by atoms with Gasteiger partial charge in [-0.15, -0.1) is 0 Å². The van der Waals surface area contributed by atoms with Crippen molar-refractivity contribution in [2.75, 3.05) is 52.9 Å². The van der Waals surface area contributed by atoms with Crippen LogP contribution in [0.2, 0.25) is 0 Å².